The lowest BCUT2D eigenvalue weighted by molar-refractivity contribution is 0.479. The minimum absolute atomic E-state index is 0.414. The fraction of sp³-hybridized carbons (Fsp3) is 0.429. The van der Waals surface area contributed by atoms with Gasteiger partial charge in [0.1, 0.15) is 5.82 Å². The van der Waals surface area contributed by atoms with Gasteiger partial charge in [-0.2, -0.15) is 10.1 Å². The molecular weight excluding hydrogens is 372 g/mol. The van der Waals surface area contributed by atoms with Gasteiger partial charge in [-0.3, -0.25) is 0 Å². The Balaban J connectivity index is 1.45. The van der Waals surface area contributed by atoms with Crippen molar-refractivity contribution in [1.29, 1.82) is 0 Å². The van der Waals surface area contributed by atoms with Crippen molar-refractivity contribution in [1.82, 2.24) is 19.9 Å². The molecule has 1 atom stereocenters. The average molecular weight is 397 g/mol. The van der Waals surface area contributed by atoms with Crippen molar-refractivity contribution in [2.45, 2.75) is 44.2 Å². The van der Waals surface area contributed by atoms with Crippen LogP contribution in [0, 0.1) is 0 Å². The molecule has 1 aliphatic carbocycles. The fourth-order valence-corrected chi connectivity index (χ4v) is 4.13. The number of nitrogens with zero attached hydrogens (tertiary/aromatic N) is 3. The van der Waals surface area contributed by atoms with E-state index in [9.17, 15) is 0 Å². The van der Waals surface area contributed by atoms with E-state index in [0.717, 1.165) is 41.0 Å². The number of fused-ring (bicyclic) bond motifs is 1. The lowest BCUT2D eigenvalue weighted by atomic mass is 10.1. The normalized spacial score (nSPS) is 19.7. The molecule has 0 amide bonds. The number of halogens is 1. The first-order valence-electron chi connectivity index (χ1n) is 10.1. The topological polar surface area (TPSA) is 66.3 Å². The summed E-state index contributed by atoms with van der Waals surface area (Å²) in [6.07, 6.45) is 6.87. The minimum atomic E-state index is 0.414. The maximum atomic E-state index is 6.12. The molecule has 0 radical (unpaired) electrons. The summed E-state index contributed by atoms with van der Waals surface area (Å²) in [7, 11) is 0. The first-order chi connectivity index (χ1) is 13.8. The number of benzene rings is 1. The molecule has 3 N–H and O–H groups in total. The van der Waals surface area contributed by atoms with Gasteiger partial charge in [0.15, 0.2) is 0 Å². The second kappa shape index (κ2) is 7.60. The Hall–Kier alpha value is -2.31. The largest absolute Gasteiger partial charge is 0.366 e. The van der Waals surface area contributed by atoms with E-state index in [4.69, 9.17) is 16.6 Å². The highest BCUT2D eigenvalue weighted by molar-refractivity contribution is 6.30. The van der Waals surface area contributed by atoms with E-state index in [2.05, 4.69) is 33.2 Å². The van der Waals surface area contributed by atoms with Crippen LogP contribution in [-0.2, 0) is 6.54 Å². The molecule has 3 aromatic rings. The Morgan fingerprint density at radius 3 is 2.93 bits per heavy atom. The second-order valence-electron chi connectivity index (χ2n) is 7.81. The highest BCUT2D eigenvalue weighted by Gasteiger charge is 2.28. The van der Waals surface area contributed by atoms with Crippen LogP contribution in [0.3, 0.4) is 0 Å². The summed E-state index contributed by atoms with van der Waals surface area (Å²) in [6, 6.07) is 10.5. The molecule has 1 saturated carbocycles. The van der Waals surface area contributed by atoms with Crippen LogP contribution in [-0.4, -0.2) is 33.7 Å². The fourth-order valence-electron chi connectivity index (χ4n) is 3.92. The van der Waals surface area contributed by atoms with Crippen LogP contribution >= 0.6 is 11.6 Å². The first-order valence-corrected chi connectivity index (χ1v) is 10.5. The summed E-state index contributed by atoms with van der Waals surface area (Å²) < 4.78 is 1.93. The van der Waals surface area contributed by atoms with Gasteiger partial charge in [-0.1, -0.05) is 23.7 Å². The van der Waals surface area contributed by atoms with Crippen molar-refractivity contribution in [2.24, 2.45) is 0 Å². The summed E-state index contributed by atoms with van der Waals surface area (Å²) in [4.78, 5) is 4.84. The molecule has 2 aromatic heterocycles. The number of anilines is 2. The Morgan fingerprint density at radius 2 is 2.14 bits per heavy atom. The third-order valence-corrected chi connectivity index (χ3v) is 5.78. The quantitative estimate of drug-likeness (QED) is 0.587. The van der Waals surface area contributed by atoms with Crippen LogP contribution in [0.15, 0.2) is 36.5 Å². The number of rotatable bonds is 6. The number of hydrogen-bond acceptors (Lipinski definition) is 5. The van der Waals surface area contributed by atoms with Crippen molar-refractivity contribution in [3.05, 3.63) is 52.7 Å². The van der Waals surface area contributed by atoms with Crippen LogP contribution in [0.5, 0.6) is 0 Å². The molecule has 5 rings (SSSR count). The van der Waals surface area contributed by atoms with Gasteiger partial charge in [-0.05, 0) is 55.8 Å². The Morgan fingerprint density at radius 1 is 1.21 bits per heavy atom. The molecule has 28 heavy (non-hydrogen) atoms. The standard InChI is InChI=1S/C21H25ClN6/c22-16-4-1-3-14(9-16)11-24-21-27-20(26-17-5-2-8-23-12-17)10-19-18(15-6-7-15)13-25-28(19)21/h1,3-4,9-10,13,15,17,23,26H,2,5-8,11-12H2,(H,24,27)/t17-/m0/s1. The number of piperidine rings is 1. The average Bonchev–Trinajstić information content (AvgIpc) is 3.46. The maximum absolute atomic E-state index is 6.12. The lowest BCUT2D eigenvalue weighted by Gasteiger charge is -2.24. The predicted molar refractivity (Wildman–Crippen MR) is 113 cm³/mol. The number of aromatic nitrogens is 3. The van der Waals surface area contributed by atoms with Crippen molar-refractivity contribution >= 4 is 28.9 Å². The highest BCUT2D eigenvalue weighted by atomic mass is 35.5. The van der Waals surface area contributed by atoms with Crippen molar-refractivity contribution in [2.75, 3.05) is 23.7 Å². The van der Waals surface area contributed by atoms with Crippen LogP contribution in [0.25, 0.3) is 5.52 Å². The zero-order valence-electron chi connectivity index (χ0n) is 15.8. The van der Waals surface area contributed by atoms with E-state index >= 15 is 0 Å². The molecule has 6 nitrogen and oxygen atoms in total. The van der Waals surface area contributed by atoms with Gasteiger partial charge in [0.05, 0.1) is 11.7 Å². The molecule has 2 fully saturated rings. The minimum Gasteiger partial charge on any atom is -0.366 e. The van der Waals surface area contributed by atoms with Crippen LogP contribution in [0.4, 0.5) is 11.8 Å². The molecule has 0 spiro atoms. The third-order valence-electron chi connectivity index (χ3n) is 5.54. The third kappa shape index (κ3) is 3.80. The van der Waals surface area contributed by atoms with Gasteiger partial charge in [0.25, 0.3) is 0 Å². The van der Waals surface area contributed by atoms with Crippen LogP contribution in [0.1, 0.15) is 42.7 Å². The Bertz CT molecular complexity index is 974. The second-order valence-corrected chi connectivity index (χ2v) is 8.24. The van der Waals surface area contributed by atoms with Crippen LogP contribution in [0.2, 0.25) is 5.02 Å². The molecule has 2 aliphatic rings. The summed E-state index contributed by atoms with van der Waals surface area (Å²) in [5.74, 6) is 2.32. The van der Waals surface area contributed by atoms with Crippen molar-refractivity contribution in [3.63, 3.8) is 0 Å². The lowest BCUT2D eigenvalue weighted by Crippen LogP contribution is -2.38. The Labute approximate surface area is 169 Å². The predicted octanol–water partition coefficient (Wildman–Crippen LogP) is 4.04. The number of nitrogens with one attached hydrogen (secondary N) is 3. The molecule has 3 heterocycles. The summed E-state index contributed by atoms with van der Waals surface area (Å²) >= 11 is 6.12. The monoisotopic (exact) mass is 396 g/mol. The summed E-state index contributed by atoms with van der Waals surface area (Å²) in [6.45, 7) is 2.73. The van der Waals surface area contributed by atoms with Gasteiger partial charge in [-0.15, -0.1) is 0 Å². The molecule has 0 unspecified atom stereocenters. The van der Waals surface area contributed by atoms with E-state index < -0.39 is 0 Å². The number of hydrogen-bond donors (Lipinski definition) is 3. The summed E-state index contributed by atoms with van der Waals surface area (Å²) in [5.41, 5.74) is 3.60. The van der Waals surface area contributed by atoms with Gasteiger partial charge in [0, 0.05) is 35.8 Å². The molecule has 1 aromatic carbocycles. The van der Waals surface area contributed by atoms with E-state index in [1.54, 1.807) is 0 Å². The van der Waals surface area contributed by atoms with Crippen molar-refractivity contribution < 1.29 is 0 Å². The highest BCUT2D eigenvalue weighted by Crippen LogP contribution is 2.42. The van der Waals surface area contributed by atoms with Gasteiger partial charge in [-0.25, -0.2) is 4.52 Å². The smallest absolute Gasteiger partial charge is 0.226 e. The van der Waals surface area contributed by atoms with E-state index in [-0.39, 0.29) is 0 Å². The van der Waals surface area contributed by atoms with Crippen molar-refractivity contribution in [3.8, 4) is 0 Å². The van der Waals surface area contributed by atoms with E-state index in [1.165, 1.54) is 31.2 Å². The van der Waals surface area contributed by atoms with Gasteiger partial charge >= 0.3 is 0 Å². The van der Waals surface area contributed by atoms with E-state index in [1.807, 2.05) is 28.9 Å². The molecule has 1 saturated heterocycles. The van der Waals surface area contributed by atoms with E-state index in [0.29, 0.717) is 18.5 Å². The molecule has 1 aliphatic heterocycles. The zero-order chi connectivity index (χ0) is 18.9. The van der Waals surface area contributed by atoms with Gasteiger partial charge in [0.2, 0.25) is 5.95 Å². The zero-order valence-corrected chi connectivity index (χ0v) is 16.5. The Kier molecular flexibility index (Phi) is 4.82. The maximum Gasteiger partial charge on any atom is 0.226 e. The summed E-state index contributed by atoms with van der Waals surface area (Å²) in [5, 5.41) is 15.9. The molecular formula is C21H25ClN6. The molecule has 146 valence electrons. The van der Waals surface area contributed by atoms with Crippen LogP contribution < -0.4 is 16.0 Å². The molecule has 0 bridgehead atoms. The molecule has 7 heteroatoms. The first kappa shape index (κ1) is 17.8. The SMILES string of the molecule is Clc1cccc(CNc2nc(N[C@H]3CCCNC3)cc3c(C4CC4)cnn23)c1. The van der Waals surface area contributed by atoms with Gasteiger partial charge < -0.3 is 16.0 Å².